The molecule has 2 aliphatic rings. The van der Waals surface area contributed by atoms with Crippen LogP contribution < -0.4 is 5.32 Å². The monoisotopic (exact) mass is 503 g/mol. The lowest BCUT2D eigenvalue weighted by Gasteiger charge is -2.34. The highest BCUT2D eigenvalue weighted by molar-refractivity contribution is 7.89. The zero-order valence-electron chi connectivity index (χ0n) is 19.3. The number of nitrogens with one attached hydrogen (secondary N) is 1. The number of hydrogen-bond acceptors (Lipinski definition) is 5. The minimum Gasteiger partial charge on any atom is -0.298 e. The van der Waals surface area contributed by atoms with Crippen molar-refractivity contribution in [2.75, 3.05) is 11.9 Å². The van der Waals surface area contributed by atoms with E-state index in [1.54, 1.807) is 16.4 Å². The zero-order valence-corrected chi connectivity index (χ0v) is 21.0. The number of carbonyl (C=O) groups is 1. The number of rotatable bonds is 5. The number of anilines is 1. The van der Waals surface area contributed by atoms with E-state index in [1.165, 1.54) is 34.2 Å². The van der Waals surface area contributed by atoms with E-state index in [-0.39, 0.29) is 16.8 Å². The molecule has 35 heavy (non-hydrogen) atoms. The Morgan fingerprint density at radius 1 is 1.06 bits per heavy atom. The summed E-state index contributed by atoms with van der Waals surface area (Å²) in [6.07, 6.45) is 3.64. The minimum atomic E-state index is -3.58. The summed E-state index contributed by atoms with van der Waals surface area (Å²) in [5, 5.41) is 5.81. The molecule has 1 unspecified atom stereocenters. The van der Waals surface area contributed by atoms with Gasteiger partial charge in [-0.1, -0.05) is 61.1 Å². The molecule has 1 saturated heterocycles. The lowest BCUT2D eigenvalue weighted by atomic mass is 10.0. The van der Waals surface area contributed by atoms with Crippen molar-refractivity contribution in [3.8, 4) is 21.7 Å². The van der Waals surface area contributed by atoms with Gasteiger partial charge in [0.15, 0.2) is 5.13 Å². The Labute approximate surface area is 208 Å². The summed E-state index contributed by atoms with van der Waals surface area (Å²) in [6, 6.07) is 18.7. The highest BCUT2D eigenvalue weighted by atomic mass is 32.2. The molecule has 1 aromatic heterocycles. The molecule has 1 N–H and O–H groups in total. The molecule has 1 fully saturated rings. The van der Waals surface area contributed by atoms with Gasteiger partial charge in [-0.2, -0.15) is 4.31 Å². The van der Waals surface area contributed by atoms with Gasteiger partial charge in [-0.15, -0.1) is 0 Å². The van der Waals surface area contributed by atoms with Crippen LogP contribution in [0.2, 0.25) is 0 Å². The van der Waals surface area contributed by atoms with Crippen LogP contribution in [0, 0.1) is 0 Å². The normalized spacial score (nSPS) is 17.5. The number of carbonyl (C=O) groups excluding carboxylic acids is 1. The number of thiazole rings is 1. The maximum Gasteiger partial charge on any atom is 0.257 e. The average Bonchev–Trinajstić information content (AvgIpc) is 3.43. The SMILES string of the molecule is CCC1CCCCN1S(=O)(=O)c1ccc(C(=O)Nc2nc3c(s2)-c2cccc4cccc-3c24)cc1. The van der Waals surface area contributed by atoms with Crippen LogP contribution in [0.3, 0.4) is 0 Å². The first-order valence-electron chi connectivity index (χ1n) is 11.9. The van der Waals surface area contributed by atoms with Gasteiger partial charge in [-0.3, -0.25) is 10.1 Å². The molecule has 0 spiro atoms. The largest absolute Gasteiger partial charge is 0.298 e. The molecule has 3 aromatic carbocycles. The van der Waals surface area contributed by atoms with E-state index in [0.717, 1.165) is 47.4 Å². The van der Waals surface area contributed by atoms with Gasteiger partial charge in [0.05, 0.1) is 15.5 Å². The van der Waals surface area contributed by atoms with E-state index in [9.17, 15) is 13.2 Å². The number of sulfonamides is 1. The predicted molar refractivity (Wildman–Crippen MR) is 140 cm³/mol. The van der Waals surface area contributed by atoms with Gasteiger partial charge in [-0.05, 0) is 54.3 Å². The van der Waals surface area contributed by atoms with Gasteiger partial charge < -0.3 is 0 Å². The molecule has 6 rings (SSSR count). The fourth-order valence-electron chi connectivity index (χ4n) is 5.25. The first kappa shape index (κ1) is 22.4. The second-order valence-electron chi connectivity index (χ2n) is 9.06. The molecule has 0 saturated carbocycles. The molecular formula is C27H25N3O3S2. The van der Waals surface area contributed by atoms with Crippen molar-refractivity contribution >= 4 is 43.2 Å². The number of piperidine rings is 1. The van der Waals surface area contributed by atoms with Crippen LogP contribution in [-0.2, 0) is 10.0 Å². The minimum absolute atomic E-state index is 0.0413. The molecule has 1 aliphatic carbocycles. The summed E-state index contributed by atoms with van der Waals surface area (Å²) >= 11 is 1.46. The highest BCUT2D eigenvalue weighted by Crippen LogP contribution is 2.50. The maximum atomic E-state index is 13.2. The summed E-state index contributed by atoms with van der Waals surface area (Å²) in [7, 11) is -3.58. The second-order valence-corrected chi connectivity index (χ2v) is 11.9. The molecule has 1 amide bonds. The Morgan fingerprint density at radius 3 is 2.54 bits per heavy atom. The Morgan fingerprint density at radius 2 is 1.80 bits per heavy atom. The molecule has 0 radical (unpaired) electrons. The number of aromatic nitrogens is 1. The van der Waals surface area contributed by atoms with Gasteiger partial charge >= 0.3 is 0 Å². The first-order chi connectivity index (χ1) is 17.0. The molecule has 1 atom stereocenters. The van der Waals surface area contributed by atoms with Gasteiger partial charge in [0.25, 0.3) is 5.91 Å². The third kappa shape index (κ3) is 3.67. The lowest BCUT2D eigenvalue weighted by Crippen LogP contribution is -2.43. The summed E-state index contributed by atoms with van der Waals surface area (Å²) in [6.45, 7) is 2.58. The van der Waals surface area contributed by atoms with Gasteiger partial charge in [-0.25, -0.2) is 13.4 Å². The van der Waals surface area contributed by atoms with Crippen LogP contribution in [0.4, 0.5) is 5.13 Å². The number of benzene rings is 3. The predicted octanol–water partition coefficient (Wildman–Crippen LogP) is 6.15. The summed E-state index contributed by atoms with van der Waals surface area (Å²) in [5.41, 5.74) is 3.52. The van der Waals surface area contributed by atoms with Crippen molar-refractivity contribution in [1.82, 2.24) is 9.29 Å². The van der Waals surface area contributed by atoms with E-state index in [0.29, 0.717) is 17.2 Å². The molecule has 8 heteroatoms. The van der Waals surface area contributed by atoms with Crippen molar-refractivity contribution < 1.29 is 13.2 Å². The van der Waals surface area contributed by atoms with Crippen molar-refractivity contribution in [2.24, 2.45) is 0 Å². The van der Waals surface area contributed by atoms with Crippen molar-refractivity contribution in [1.29, 1.82) is 0 Å². The summed E-state index contributed by atoms with van der Waals surface area (Å²) in [4.78, 5) is 18.9. The van der Waals surface area contributed by atoms with Crippen LogP contribution in [0.15, 0.2) is 65.6 Å². The first-order valence-corrected chi connectivity index (χ1v) is 14.2. The smallest absolute Gasteiger partial charge is 0.257 e. The molecular weight excluding hydrogens is 478 g/mol. The van der Waals surface area contributed by atoms with Crippen LogP contribution >= 0.6 is 11.3 Å². The van der Waals surface area contributed by atoms with E-state index in [2.05, 4.69) is 29.6 Å². The number of hydrogen-bond donors (Lipinski definition) is 1. The Kier molecular flexibility index (Phi) is 5.47. The van der Waals surface area contributed by atoms with E-state index in [1.807, 2.05) is 19.1 Å². The van der Waals surface area contributed by atoms with Crippen molar-refractivity contribution in [2.45, 2.75) is 43.5 Å². The van der Waals surface area contributed by atoms with Gasteiger partial charge in [0, 0.05) is 29.3 Å². The average molecular weight is 504 g/mol. The van der Waals surface area contributed by atoms with Crippen LogP contribution in [0.25, 0.3) is 32.5 Å². The van der Waals surface area contributed by atoms with Crippen LogP contribution in [-0.4, -0.2) is 36.2 Å². The van der Waals surface area contributed by atoms with E-state index >= 15 is 0 Å². The molecule has 2 heterocycles. The fraction of sp³-hybridized carbons (Fsp3) is 0.259. The third-order valence-electron chi connectivity index (χ3n) is 7.02. The standard InChI is InChI=1S/C27H25N3O3S2/c1-2-19-9-3-4-16-30(19)35(32,33)20-14-12-18(13-15-20)26(31)29-27-28-24-21-10-5-7-17-8-6-11-22(23(17)21)25(24)34-27/h5-8,10-15,19H,2-4,9,16H2,1H3,(H,28,29,31). The quantitative estimate of drug-likeness (QED) is 0.312. The summed E-state index contributed by atoms with van der Waals surface area (Å²) < 4.78 is 28.0. The second kappa shape index (κ2) is 8.55. The zero-order chi connectivity index (χ0) is 24.2. The Bertz CT molecular complexity index is 1500. The van der Waals surface area contributed by atoms with Crippen molar-refractivity contribution in [3.05, 3.63) is 66.2 Å². The highest BCUT2D eigenvalue weighted by Gasteiger charge is 2.32. The van der Waals surface area contributed by atoms with E-state index in [4.69, 9.17) is 4.98 Å². The summed E-state index contributed by atoms with van der Waals surface area (Å²) in [5.74, 6) is -0.308. The number of nitrogens with zero attached hydrogens (tertiary/aromatic N) is 2. The molecule has 6 nitrogen and oxygen atoms in total. The Balaban J connectivity index is 1.22. The van der Waals surface area contributed by atoms with Crippen LogP contribution in [0.1, 0.15) is 43.0 Å². The number of fused-ring (bicyclic) bond motifs is 3. The number of amides is 1. The van der Waals surface area contributed by atoms with Crippen LogP contribution in [0.5, 0.6) is 0 Å². The molecule has 178 valence electrons. The molecule has 1 aliphatic heterocycles. The Hall–Kier alpha value is -3.07. The lowest BCUT2D eigenvalue weighted by molar-refractivity contribution is 0.102. The maximum absolute atomic E-state index is 13.2. The van der Waals surface area contributed by atoms with Gasteiger partial charge in [0.1, 0.15) is 0 Å². The topological polar surface area (TPSA) is 79.4 Å². The third-order valence-corrected chi connectivity index (χ3v) is 9.99. The van der Waals surface area contributed by atoms with E-state index < -0.39 is 10.0 Å². The van der Waals surface area contributed by atoms with Gasteiger partial charge in [0.2, 0.25) is 10.0 Å². The van der Waals surface area contributed by atoms with Crippen molar-refractivity contribution in [3.63, 3.8) is 0 Å². The molecule has 0 bridgehead atoms. The fourth-order valence-corrected chi connectivity index (χ4v) is 8.02. The molecule has 4 aromatic rings.